The summed E-state index contributed by atoms with van der Waals surface area (Å²) in [5.41, 5.74) is 31.7. The molecule has 1 saturated heterocycles. The predicted molar refractivity (Wildman–Crippen MR) is 272 cm³/mol. The molecule has 0 N–H and O–H groups in total. The van der Waals surface area contributed by atoms with Crippen LogP contribution in [0.1, 0.15) is 77.9 Å². The van der Waals surface area contributed by atoms with Crippen LogP contribution < -0.4 is 8.26 Å². The van der Waals surface area contributed by atoms with Gasteiger partial charge in [-0.3, -0.25) is 0 Å². The Labute approximate surface area is 380 Å². The Hall–Kier alpha value is -5.20. The molecule has 8 rings (SSSR count). The number of aliphatic imine (C=N–C) groups is 1. The van der Waals surface area contributed by atoms with Crippen LogP contribution in [0.5, 0.6) is 0 Å². The first kappa shape index (κ1) is 43.4. The molecule has 1 aliphatic rings. The summed E-state index contributed by atoms with van der Waals surface area (Å²) in [7, 11) is 1.05. The van der Waals surface area contributed by atoms with E-state index in [1.165, 1.54) is 134 Å². The van der Waals surface area contributed by atoms with Crippen LogP contribution in [0, 0.1) is 96.9 Å². The van der Waals surface area contributed by atoms with Crippen LogP contribution in [0.4, 0.5) is 17.1 Å². The van der Waals surface area contributed by atoms with Gasteiger partial charge in [-0.1, -0.05) is 0 Å². The van der Waals surface area contributed by atoms with E-state index in [2.05, 4.69) is 208 Å². The number of para-hydroxylation sites is 3. The van der Waals surface area contributed by atoms with Crippen molar-refractivity contribution in [2.45, 2.75) is 96.9 Å². The summed E-state index contributed by atoms with van der Waals surface area (Å²) < 4.78 is 6.39. The minimum atomic E-state index is -0.646. The van der Waals surface area contributed by atoms with Gasteiger partial charge in [0.15, 0.2) is 0 Å². The minimum absolute atomic E-state index is 0.646. The van der Waals surface area contributed by atoms with Crippen LogP contribution in [0.25, 0.3) is 44.5 Å². The molecule has 62 heavy (non-hydrogen) atoms. The normalized spacial score (nSPS) is 14.3. The summed E-state index contributed by atoms with van der Waals surface area (Å²) in [5.74, 6) is 0. The molecule has 0 bridgehead atoms. The molecule has 1 fully saturated rings. The molecule has 1 heterocycles. The molecular formula is C57H59AsN3P. The number of amidine groups is 1. The molecule has 312 valence electrons. The van der Waals surface area contributed by atoms with Crippen molar-refractivity contribution >= 4 is 46.5 Å². The predicted octanol–water partition coefficient (Wildman–Crippen LogP) is 16.1. The molecule has 0 spiro atoms. The van der Waals surface area contributed by atoms with Gasteiger partial charge in [-0.05, 0) is 0 Å². The van der Waals surface area contributed by atoms with Gasteiger partial charge in [0.2, 0.25) is 0 Å². The molecule has 7 aromatic rings. The van der Waals surface area contributed by atoms with Crippen molar-refractivity contribution in [3.05, 3.63) is 181 Å². The third kappa shape index (κ3) is 8.00. The van der Waals surface area contributed by atoms with Gasteiger partial charge in [-0.15, -0.1) is 0 Å². The van der Waals surface area contributed by atoms with Gasteiger partial charge in [-0.25, -0.2) is 0 Å². The first-order chi connectivity index (χ1) is 29.5. The van der Waals surface area contributed by atoms with E-state index in [9.17, 15) is 0 Å². The van der Waals surface area contributed by atoms with E-state index < -0.39 is 16.0 Å². The third-order valence-corrected chi connectivity index (χ3v) is 16.5. The molecule has 0 unspecified atom stereocenters. The fourth-order valence-corrected chi connectivity index (χ4v) is 14.7. The molecule has 7 aromatic carbocycles. The van der Waals surface area contributed by atoms with E-state index in [1.54, 1.807) is 0 Å². The summed E-state index contributed by atoms with van der Waals surface area (Å²) in [4.78, 5) is 5.81. The van der Waals surface area contributed by atoms with E-state index in [0.29, 0.717) is 0 Å². The van der Waals surface area contributed by atoms with E-state index in [0.717, 1.165) is 19.2 Å². The number of nitrogens with zero attached hydrogens (tertiary/aromatic N) is 3. The number of hydrogen-bond donors (Lipinski definition) is 0. The summed E-state index contributed by atoms with van der Waals surface area (Å²) in [6.45, 7) is 31.5. The SMILES string of the molecule is Cc1cc(C)c(-c2cccc(-c3c(C)cc(C)cc3C)c2N2[P]N(c3c(-c4c(C)cc(C)cc4C)cccc3-c3c(C)cc(C)cc3C)C(=Nc3c(C)cccc3C)[As]2)c(C)c1. The zero-order valence-electron chi connectivity index (χ0n) is 39.1. The van der Waals surface area contributed by atoms with Gasteiger partial charge in [0.1, 0.15) is 0 Å². The Morgan fingerprint density at radius 3 is 0.984 bits per heavy atom. The fraction of sp³-hybridized carbons (Fsp3) is 0.246. The Morgan fingerprint density at radius 1 is 0.371 bits per heavy atom. The van der Waals surface area contributed by atoms with Crippen molar-refractivity contribution in [3.8, 4) is 44.5 Å². The van der Waals surface area contributed by atoms with Gasteiger partial charge in [0.25, 0.3) is 0 Å². The van der Waals surface area contributed by atoms with Crippen LogP contribution in [0.15, 0.2) is 108 Å². The maximum absolute atomic E-state index is 5.81. The van der Waals surface area contributed by atoms with Crippen LogP contribution in [0.2, 0.25) is 0 Å². The van der Waals surface area contributed by atoms with Crippen LogP contribution in [0.3, 0.4) is 0 Å². The van der Waals surface area contributed by atoms with Gasteiger partial charge in [0, 0.05) is 0 Å². The molecule has 0 amide bonds. The first-order valence-electron chi connectivity index (χ1n) is 21.8. The van der Waals surface area contributed by atoms with Crippen molar-refractivity contribution in [2.24, 2.45) is 4.99 Å². The second-order valence-electron chi connectivity index (χ2n) is 17.9. The average molecular weight is 892 g/mol. The number of aryl methyl sites for hydroxylation is 14. The molecule has 0 atom stereocenters. The average Bonchev–Trinajstić information content (AvgIpc) is 3.58. The molecule has 2 radical (unpaired) electrons. The number of hydrogen-bond acceptors (Lipinski definition) is 2. The van der Waals surface area contributed by atoms with E-state index >= 15 is 0 Å². The second kappa shape index (κ2) is 17.2. The topological polar surface area (TPSA) is 18.8 Å². The van der Waals surface area contributed by atoms with Gasteiger partial charge >= 0.3 is 382 Å². The van der Waals surface area contributed by atoms with Crippen molar-refractivity contribution < 1.29 is 0 Å². The zero-order chi connectivity index (χ0) is 44.3. The Kier molecular flexibility index (Phi) is 12.0. The van der Waals surface area contributed by atoms with Crippen molar-refractivity contribution in [1.82, 2.24) is 0 Å². The summed E-state index contributed by atoms with van der Waals surface area (Å²) in [5, 5.41) is 0. The van der Waals surface area contributed by atoms with Crippen molar-refractivity contribution in [2.75, 3.05) is 8.26 Å². The maximum atomic E-state index is 5.81. The molecule has 5 heteroatoms. The van der Waals surface area contributed by atoms with Gasteiger partial charge in [0.05, 0.1) is 0 Å². The van der Waals surface area contributed by atoms with E-state index in [4.69, 9.17) is 4.99 Å². The van der Waals surface area contributed by atoms with Crippen LogP contribution in [-0.4, -0.2) is 20.6 Å². The fourth-order valence-electron chi connectivity index (χ4n) is 10.4. The van der Waals surface area contributed by atoms with Crippen LogP contribution in [-0.2, 0) is 0 Å². The zero-order valence-corrected chi connectivity index (χ0v) is 41.8. The molecule has 0 aliphatic carbocycles. The van der Waals surface area contributed by atoms with Gasteiger partial charge < -0.3 is 0 Å². The standard InChI is InChI=1S/C57H59AsN3P/c1-32-24-38(7)50(39(8)25-32)46-20-16-21-47(51-40(9)26-33(2)27-41(51)10)55(46)60-57(59-54-36(5)18-15-19-37(54)6)58-61(62-60)56-48(52-42(11)28-34(3)29-43(52)12)22-17-23-49(56)53-44(13)30-35(4)31-45(53)14/h15-31H,1-14H3. The molecule has 0 saturated carbocycles. The summed E-state index contributed by atoms with van der Waals surface area (Å²) in [6.07, 6.45) is 0. The summed E-state index contributed by atoms with van der Waals surface area (Å²) in [6, 6.07) is 39.3. The van der Waals surface area contributed by atoms with E-state index in [1.807, 2.05) is 0 Å². The number of benzene rings is 7. The van der Waals surface area contributed by atoms with Crippen molar-refractivity contribution in [3.63, 3.8) is 0 Å². The van der Waals surface area contributed by atoms with E-state index in [-0.39, 0.29) is 0 Å². The van der Waals surface area contributed by atoms with Crippen LogP contribution >= 0.6 is 8.88 Å². The molecule has 0 aromatic heterocycles. The monoisotopic (exact) mass is 891 g/mol. The molecular weight excluding hydrogens is 833 g/mol. The molecule has 1 aliphatic heterocycles. The van der Waals surface area contributed by atoms with Crippen molar-refractivity contribution in [1.29, 1.82) is 0 Å². The number of anilines is 2. The number of rotatable bonds is 7. The quantitative estimate of drug-likeness (QED) is 0.117. The Bertz CT molecular complexity index is 2710. The second-order valence-corrected chi connectivity index (χ2v) is 21.7. The first-order valence-corrected chi connectivity index (χ1v) is 24.4. The van der Waals surface area contributed by atoms with Gasteiger partial charge in [-0.2, -0.15) is 0 Å². The molecule has 3 nitrogen and oxygen atoms in total. The Balaban J connectivity index is 1.48. The third-order valence-electron chi connectivity index (χ3n) is 12.5. The Morgan fingerprint density at radius 2 is 0.661 bits per heavy atom. The summed E-state index contributed by atoms with van der Waals surface area (Å²) >= 11 is -0.646.